The summed E-state index contributed by atoms with van der Waals surface area (Å²) in [5, 5.41) is 12.8. The first kappa shape index (κ1) is 18.7. The van der Waals surface area contributed by atoms with Crippen molar-refractivity contribution in [2.75, 3.05) is 13.2 Å². The molecule has 3 aromatic rings. The molecule has 0 radical (unpaired) electrons. The molecule has 2 heterocycles. The van der Waals surface area contributed by atoms with Crippen LogP contribution in [0.15, 0.2) is 47.2 Å². The van der Waals surface area contributed by atoms with Crippen molar-refractivity contribution in [3.05, 3.63) is 65.6 Å². The highest BCUT2D eigenvalue weighted by Gasteiger charge is 2.06. The van der Waals surface area contributed by atoms with E-state index in [9.17, 15) is 0 Å². The molecule has 0 fully saturated rings. The van der Waals surface area contributed by atoms with Crippen LogP contribution in [0.1, 0.15) is 42.6 Å². The number of aliphatic hydroxyl groups excluding tert-OH is 1. The molecule has 0 amide bonds. The number of aromatic nitrogens is 3. The normalized spacial score (nSPS) is 10.4. The number of aryl methyl sites for hydroxylation is 1. The third-order valence-electron chi connectivity index (χ3n) is 4.01. The van der Waals surface area contributed by atoms with Crippen molar-refractivity contribution in [3.63, 3.8) is 0 Å². The molecule has 2 aromatic heterocycles. The molecule has 27 heavy (non-hydrogen) atoms. The minimum Gasteiger partial charge on any atom is -0.494 e. The number of rotatable bonds is 8. The fourth-order valence-corrected chi connectivity index (χ4v) is 2.59. The highest BCUT2D eigenvalue weighted by molar-refractivity contribution is 5.41. The number of imidazole rings is 1. The second-order valence-electron chi connectivity index (χ2n) is 6.06. The van der Waals surface area contributed by atoms with Gasteiger partial charge in [-0.1, -0.05) is 18.0 Å². The summed E-state index contributed by atoms with van der Waals surface area (Å²) in [4.78, 5) is 4.30. The molecule has 0 aliphatic rings. The van der Waals surface area contributed by atoms with Crippen molar-refractivity contribution in [1.82, 2.24) is 14.7 Å². The maximum Gasteiger partial charge on any atom is 0.210 e. The third kappa shape index (κ3) is 5.47. The van der Waals surface area contributed by atoms with E-state index in [2.05, 4.69) is 28.9 Å². The van der Waals surface area contributed by atoms with Crippen molar-refractivity contribution < 1.29 is 14.4 Å². The van der Waals surface area contributed by atoms with Crippen LogP contribution in [0.4, 0.5) is 0 Å². The molecule has 1 N–H and O–H groups in total. The summed E-state index contributed by atoms with van der Waals surface area (Å²) in [6.45, 7) is 3.49. The van der Waals surface area contributed by atoms with Crippen LogP contribution >= 0.6 is 0 Å². The van der Waals surface area contributed by atoms with E-state index in [0.717, 1.165) is 42.1 Å². The van der Waals surface area contributed by atoms with E-state index in [1.807, 2.05) is 41.1 Å². The quantitative estimate of drug-likeness (QED) is 0.491. The molecule has 3 rings (SSSR count). The Morgan fingerprint density at radius 3 is 2.81 bits per heavy atom. The number of ether oxygens (including phenoxy) is 1. The zero-order valence-electron chi connectivity index (χ0n) is 15.4. The lowest BCUT2D eigenvalue weighted by molar-refractivity contribution is 0.253. The Hall–Kier alpha value is -3.04. The van der Waals surface area contributed by atoms with Gasteiger partial charge in [0.25, 0.3) is 0 Å². The van der Waals surface area contributed by atoms with E-state index < -0.39 is 0 Å². The Kier molecular flexibility index (Phi) is 6.66. The van der Waals surface area contributed by atoms with Gasteiger partial charge in [0.2, 0.25) is 5.76 Å². The van der Waals surface area contributed by atoms with Gasteiger partial charge in [0.15, 0.2) is 0 Å². The highest BCUT2D eigenvalue weighted by Crippen LogP contribution is 2.13. The molecule has 1 aromatic carbocycles. The third-order valence-corrected chi connectivity index (χ3v) is 4.01. The Balaban J connectivity index is 1.57. The summed E-state index contributed by atoms with van der Waals surface area (Å²) in [5.41, 5.74) is 1.69. The Bertz CT molecular complexity index is 901. The van der Waals surface area contributed by atoms with Gasteiger partial charge >= 0.3 is 0 Å². The van der Waals surface area contributed by atoms with E-state index in [1.165, 1.54) is 0 Å². The summed E-state index contributed by atoms with van der Waals surface area (Å²) < 4.78 is 13.0. The molecule has 0 saturated heterocycles. The van der Waals surface area contributed by atoms with Crippen LogP contribution in [0.25, 0.3) is 0 Å². The minimum atomic E-state index is 0.198. The van der Waals surface area contributed by atoms with Crippen molar-refractivity contribution in [2.24, 2.45) is 0 Å². The van der Waals surface area contributed by atoms with Crippen LogP contribution in [-0.4, -0.2) is 33.0 Å². The van der Waals surface area contributed by atoms with Gasteiger partial charge in [-0.15, -0.1) is 0 Å². The minimum absolute atomic E-state index is 0.198. The van der Waals surface area contributed by atoms with Gasteiger partial charge in [0.05, 0.1) is 13.2 Å². The summed E-state index contributed by atoms with van der Waals surface area (Å²) in [7, 11) is 0. The molecule has 6 nitrogen and oxygen atoms in total. The van der Waals surface area contributed by atoms with Crippen LogP contribution in [0.5, 0.6) is 5.75 Å². The summed E-state index contributed by atoms with van der Waals surface area (Å²) in [6, 6.07) is 9.45. The van der Waals surface area contributed by atoms with Gasteiger partial charge in [-0.2, -0.15) is 0 Å². The van der Waals surface area contributed by atoms with E-state index in [4.69, 9.17) is 14.4 Å². The van der Waals surface area contributed by atoms with Crippen LogP contribution < -0.4 is 4.74 Å². The fraction of sp³-hybridized carbons (Fsp3) is 0.333. The van der Waals surface area contributed by atoms with E-state index in [1.54, 1.807) is 6.20 Å². The summed E-state index contributed by atoms with van der Waals surface area (Å²) in [5.74, 6) is 8.42. The molecule has 0 aliphatic heterocycles. The SMILES string of the molecule is CCc1nccn1Cc1cc(C#Cc2ccc(OCCCCO)cc2)on1. The molecular weight excluding hydrogens is 342 g/mol. The van der Waals surface area contributed by atoms with Crippen molar-refractivity contribution in [3.8, 4) is 17.6 Å². The molecule has 0 bridgehead atoms. The van der Waals surface area contributed by atoms with E-state index in [-0.39, 0.29) is 6.61 Å². The van der Waals surface area contributed by atoms with Gasteiger partial charge in [0.1, 0.15) is 17.3 Å². The van der Waals surface area contributed by atoms with Crippen LogP contribution in [0.2, 0.25) is 0 Å². The van der Waals surface area contributed by atoms with Crippen molar-refractivity contribution in [2.45, 2.75) is 32.7 Å². The van der Waals surface area contributed by atoms with Gasteiger partial charge in [-0.05, 0) is 43.0 Å². The summed E-state index contributed by atoms with van der Waals surface area (Å²) >= 11 is 0. The number of hydrogen-bond acceptors (Lipinski definition) is 5. The van der Waals surface area contributed by atoms with E-state index >= 15 is 0 Å². The molecule has 0 saturated carbocycles. The van der Waals surface area contributed by atoms with Crippen molar-refractivity contribution >= 4 is 0 Å². The first-order valence-electron chi connectivity index (χ1n) is 9.10. The Morgan fingerprint density at radius 2 is 2.04 bits per heavy atom. The highest BCUT2D eigenvalue weighted by atomic mass is 16.5. The number of nitrogens with zero attached hydrogens (tertiary/aromatic N) is 3. The number of benzene rings is 1. The number of unbranched alkanes of at least 4 members (excludes halogenated alkanes) is 1. The smallest absolute Gasteiger partial charge is 0.210 e. The lowest BCUT2D eigenvalue weighted by Gasteiger charge is -2.04. The average molecular weight is 365 g/mol. The first-order valence-corrected chi connectivity index (χ1v) is 9.10. The molecule has 6 heteroatoms. The molecular formula is C21H23N3O3. The van der Waals surface area contributed by atoms with Crippen LogP contribution in [0.3, 0.4) is 0 Å². The second kappa shape index (κ2) is 9.60. The Morgan fingerprint density at radius 1 is 1.19 bits per heavy atom. The monoisotopic (exact) mass is 365 g/mol. The fourth-order valence-electron chi connectivity index (χ4n) is 2.59. The largest absolute Gasteiger partial charge is 0.494 e. The topological polar surface area (TPSA) is 73.3 Å². The van der Waals surface area contributed by atoms with E-state index in [0.29, 0.717) is 18.9 Å². The molecule has 0 atom stereocenters. The predicted octanol–water partition coefficient (Wildman–Crippen LogP) is 3.03. The average Bonchev–Trinajstić information content (AvgIpc) is 3.34. The standard InChI is InChI=1S/C21H23N3O3/c1-2-21-22-11-12-24(21)16-18-15-20(27-23-18)10-7-17-5-8-19(9-6-17)26-14-4-3-13-25/h5-6,8-9,11-12,15,25H,2-4,13-14,16H2,1H3. The molecule has 0 spiro atoms. The van der Waals surface area contributed by atoms with Crippen molar-refractivity contribution in [1.29, 1.82) is 0 Å². The van der Waals surface area contributed by atoms with Gasteiger partial charge in [-0.25, -0.2) is 4.98 Å². The van der Waals surface area contributed by atoms with Gasteiger partial charge in [-0.3, -0.25) is 0 Å². The number of hydrogen-bond donors (Lipinski definition) is 1. The summed E-state index contributed by atoms with van der Waals surface area (Å²) in [6.07, 6.45) is 6.19. The molecule has 0 aliphatic carbocycles. The second-order valence-corrected chi connectivity index (χ2v) is 6.06. The predicted molar refractivity (Wildman–Crippen MR) is 101 cm³/mol. The molecule has 0 unspecified atom stereocenters. The molecule has 140 valence electrons. The van der Waals surface area contributed by atoms with Gasteiger partial charge < -0.3 is 18.9 Å². The lowest BCUT2D eigenvalue weighted by atomic mass is 10.2. The van der Waals surface area contributed by atoms with Crippen LogP contribution in [0, 0.1) is 11.8 Å². The zero-order valence-corrected chi connectivity index (χ0v) is 15.4. The number of aliphatic hydroxyl groups is 1. The van der Waals surface area contributed by atoms with Gasteiger partial charge in [0, 0.05) is 37.1 Å². The van der Waals surface area contributed by atoms with Crippen LogP contribution in [-0.2, 0) is 13.0 Å². The lowest BCUT2D eigenvalue weighted by Crippen LogP contribution is -2.03. The maximum absolute atomic E-state index is 8.75. The zero-order chi connectivity index (χ0) is 18.9. The Labute approximate surface area is 158 Å². The maximum atomic E-state index is 8.75. The first-order chi connectivity index (χ1) is 13.3.